The first-order valence-electron chi connectivity index (χ1n) is 8.59. The van der Waals surface area contributed by atoms with Crippen LogP contribution < -0.4 is 5.43 Å². The Morgan fingerprint density at radius 2 is 1.86 bits per heavy atom. The maximum absolute atomic E-state index is 12.0. The monoisotopic (exact) mass is 523 g/mol. The molecule has 0 aliphatic rings. The number of carbonyl (C=O) groups excluding carboxylic acids is 1. The highest BCUT2D eigenvalue weighted by atomic mass is 127. The van der Waals surface area contributed by atoms with E-state index in [1.165, 1.54) is 15.3 Å². The van der Waals surface area contributed by atoms with Gasteiger partial charge in [0.15, 0.2) is 0 Å². The van der Waals surface area contributed by atoms with Gasteiger partial charge in [-0.3, -0.25) is 4.79 Å². The van der Waals surface area contributed by atoms with Crippen molar-refractivity contribution in [2.75, 3.05) is 5.75 Å². The second-order valence-corrected chi connectivity index (χ2v) is 8.90. The van der Waals surface area contributed by atoms with Gasteiger partial charge in [0.2, 0.25) is 5.91 Å². The summed E-state index contributed by atoms with van der Waals surface area (Å²) in [5, 5.41) is 4.80. The predicted molar refractivity (Wildman–Crippen MR) is 126 cm³/mol. The van der Waals surface area contributed by atoms with Crippen molar-refractivity contribution in [2.45, 2.75) is 18.7 Å². The molecule has 1 heterocycles. The first-order chi connectivity index (χ1) is 13.4. The normalized spacial score (nSPS) is 11.1. The molecule has 0 aliphatic heterocycles. The van der Waals surface area contributed by atoms with E-state index in [9.17, 15) is 4.79 Å². The molecule has 0 spiro atoms. The molecule has 0 bridgehead atoms. The molecular weight excluding hydrogens is 505 g/mol. The van der Waals surface area contributed by atoms with Crippen LogP contribution in [-0.2, 0) is 4.79 Å². The first kappa shape index (κ1) is 21.0. The Morgan fingerprint density at radius 3 is 2.54 bits per heavy atom. The summed E-state index contributed by atoms with van der Waals surface area (Å²) in [5.41, 5.74) is 6.86. The minimum absolute atomic E-state index is 0.150. The van der Waals surface area contributed by atoms with Crippen molar-refractivity contribution in [2.24, 2.45) is 5.10 Å². The lowest BCUT2D eigenvalue weighted by molar-refractivity contribution is -0.118. The van der Waals surface area contributed by atoms with E-state index < -0.39 is 0 Å². The van der Waals surface area contributed by atoms with Crippen LogP contribution in [-0.4, -0.2) is 22.4 Å². The molecule has 0 unspecified atom stereocenters. The summed E-state index contributed by atoms with van der Waals surface area (Å²) in [6, 6.07) is 17.8. The molecule has 0 aliphatic carbocycles. The Morgan fingerprint density at radius 1 is 1.18 bits per heavy atom. The fourth-order valence-electron chi connectivity index (χ4n) is 2.79. The number of benzene rings is 2. The highest BCUT2D eigenvalue weighted by Crippen LogP contribution is 2.21. The van der Waals surface area contributed by atoms with E-state index in [0.29, 0.717) is 10.8 Å². The third kappa shape index (κ3) is 5.40. The Bertz CT molecular complexity index is 998. The molecule has 0 saturated carbocycles. The number of aromatic nitrogens is 1. The van der Waals surface area contributed by atoms with E-state index in [1.807, 2.05) is 31.2 Å². The molecule has 3 rings (SSSR count). The van der Waals surface area contributed by atoms with Crippen molar-refractivity contribution < 1.29 is 4.79 Å². The van der Waals surface area contributed by atoms with Gasteiger partial charge in [0.05, 0.1) is 12.0 Å². The second-order valence-electron chi connectivity index (χ2n) is 6.17. The molecule has 1 N–H and O–H groups in total. The van der Waals surface area contributed by atoms with Crippen LogP contribution in [0.25, 0.3) is 5.69 Å². The molecule has 0 fully saturated rings. The third-order valence-electron chi connectivity index (χ3n) is 4.13. The van der Waals surface area contributed by atoms with Crippen LogP contribution in [0.15, 0.2) is 64.6 Å². The number of halogens is 2. The molecule has 7 heteroatoms. The number of nitrogens with zero attached hydrogens (tertiary/aromatic N) is 2. The van der Waals surface area contributed by atoms with Gasteiger partial charge in [-0.1, -0.05) is 11.6 Å². The molecule has 4 nitrogen and oxygen atoms in total. The fourth-order valence-corrected chi connectivity index (χ4v) is 3.97. The maximum Gasteiger partial charge on any atom is 0.250 e. The first-order valence-corrected chi connectivity index (χ1v) is 11.0. The van der Waals surface area contributed by atoms with Crippen molar-refractivity contribution in [3.63, 3.8) is 0 Å². The largest absolute Gasteiger partial charge is 0.318 e. The summed E-state index contributed by atoms with van der Waals surface area (Å²) in [6.07, 6.45) is 1.69. The Kier molecular flexibility index (Phi) is 7.20. The highest BCUT2D eigenvalue weighted by Gasteiger charge is 2.09. The third-order valence-corrected chi connectivity index (χ3v) is 6.11. The lowest BCUT2D eigenvalue weighted by Gasteiger charge is -2.09. The van der Waals surface area contributed by atoms with Gasteiger partial charge in [-0.05, 0) is 91.0 Å². The SMILES string of the molecule is Cc1cc(/C=N/NC(=O)CSc2ccc(Cl)cc2)c(C)n1-c1ccc(I)cc1. The highest BCUT2D eigenvalue weighted by molar-refractivity contribution is 14.1. The molecule has 0 atom stereocenters. The number of aryl methyl sites for hydroxylation is 1. The van der Waals surface area contributed by atoms with Crippen LogP contribution in [0.5, 0.6) is 0 Å². The Labute approximate surface area is 187 Å². The number of amides is 1. The summed E-state index contributed by atoms with van der Waals surface area (Å²) in [6.45, 7) is 4.11. The van der Waals surface area contributed by atoms with Gasteiger partial charge in [-0.25, -0.2) is 5.43 Å². The summed E-state index contributed by atoms with van der Waals surface area (Å²) < 4.78 is 3.38. The molecule has 0 saturated heterocycles. The fraction of sp³-hybridized carbons (Fsp3) is 0.143. The Hall–Kier alpha value is -1.77. The molecule has 1 aromatic heterocycles. The number of rotatable bonds is 6. The number of hydrazone groups is 1. The van der Waals surface area contributed by atoms with Crippen LogP contribution in [0, 0.1) is 17.4 Å². The van der Waals surface area contributed by atoms with E-state index in [4.69, 9.17) is 11.6 Å². The lowest BCUT2D eigenvalue weighted by atomic mass is 10.2. The van der Waals surface area contributed by atoms with E-state index in [0.717, 1.165) is 27.5 Å². The molecule has 3 aromatic rings. The minimum atomic E-state index is -0.150. The average Bonchev–Trinajstić information content (AvgIpc) is 2.96. The van der Waals surface area contributed by atoms with E-state index in [1.54, 1.807) is 6.21 Å². The Balaban J connectivity index is 1.61. The van der Waals surface area contributed by atoms with Crippen molar-refractivity contribution >= 4 is 58.1 Å². The predicted octanol–water partition coefficient (Wildman–Crippen LogP) is 5.59. The molecule has 0 radical (unpaired) electrons. The van der Waals surface area contributed by atoms with Crippen molar-refractivity contribution in [1.29, 1.82) is 0 Å². The summed E-state index contributed by atoms with van der Waals surface area (Å²) in [4.78, 5) is 13.0. The van der Waals surface area contributed by atoms with Crippen LogP contribution in [0.1, 0.15) is 17.0 Å². The van der Waals surface area contributed by atoms with Crippen molar-refractivity contribution in [3.05, 3.63) is 80.1 Å². The van der Waals surface area contributed by atoms with Gasteiger partial charge < -0.3 is 4.57 Å². The van der Waals surface area contributed by atoms with Gasteiger partial charge in [0, 0.05) is 36.1 Å². The smallest absolute Gasteiger partial charge is 0.250 e. The average molecular weight is 524 g/mol. The van der Waals surface area contributed by atoms with Crippen molar-refractivity contribution in [1.82, 2.24) is 9.99 Å². The molecular formula is C21H19ClIN3OS. The number of carbonyl (C=O) groups is 1. The molecule has 144 valence electrons. The lowest BCUT2D eigenvalue weighted by Crippen LogP contribution is -2.19. The van der Waals surface area contributed by atoms with Crippen LogP contribution in [0.4, 0.5) is 0 Å². The van der Waals surface area contributed by atoms with Gasteiger partial charge in [0.1, 0.15) is 0 Å². The van der Waals surface area contributed by atoms with Gasteiger partial charge in [-0.2, -0.15) is 5.10 Å². The van der Waals surface area contributed by atoms with Gasteiger partial charge in [0.25, 0.3) is 0 Å². The maximum atomic E-state index is 12.0. The summed E-state index contributed by atoms with van der Waals surface area (Å²) >= 11 is 9.60. The number of thioether (sulfide) groups is 1. The van der Waals surface area contributed by atoms with E-state index >= 15 is 0 Å². The van der Waals surface area contributed by atoms with Crippen LogP contribution >= 0.6 is 46.0 Å². The van der Waals surface area contributed by atoms with Crippen molar-refractivity contribution in [3.8, 4) is 5.69 Å². The second kappa shape index (κ2) is 9.62. The number of hydrogen-bond donors (Lipinski definition) is 1. The number of hydrogen-bond acceptors (Lipinski definition) is 3. The van der Waals surface area contributed by atoms with Gasteiger partial charge in [-0.15, -0.1) is 11.8 Å². The zero-order chi connectivity index (χ0) is 20.1. The van der Waals surface area contributed by atoms with E-state index in [-0.39, 0.29) is 5.91 Å². The van der Waals surface area contributed by atoms with Crippen LogP contribution in [0.3, 0.4) is 0 Å². The summed E-state index contributed by atoms with van der Waals surface area (Å²) in [5.74, 6) is 0.142. The zero-order valence-corrected chi connectivity index (χ0v) is 19.2. The quantitative estimate of drug-likeness (QED) is 0.198. The topological polar surface area (TPSA) is 46.4 Å². The van der Waals surface area contributed by atoms with Crippen LogP contribution in [0.2, 0.25) is 5.02 Å². The zero-order valence-electron chi connectivity index (χ0n) is 15.4. The standard InChI is InChI=1S/C21H19ClIN3OS/c1-14-11-16(15(2)26(14)19-7-5-18(23)6-8-19)12-24-25-21(27)13-28-20-9-3-17(22)4-10-20/h3-12H,13H2,1-2H3,(H,25,27)/b24-12+. The molecule has 2 aromatic carbocycles. The molecule has 28 heavy (non-hydrogen) atoms. The number of nitrogens with one attached hydrogen (secondary N) is 1. The molecule has 1 amide bonds. The summed E-state index contributed by atoms with van der Waals surface area (Å²) in [7, 11) is 0. The van der Waals surface area contributed by atoms with Gasteiger partial charge >= 0.3 is 0 Å². The van der Waals surface area contributed by atoms with E-state index in [2.05, 4.69) is 74.9 Å². The minimum Gasteiger partial charge on any atom is -0.318 e.